The van der Waals surface area contributed by atoms with Gasteiger partial charge in [0, 0.05) is 17.1 Å². The fourth-order valence-electron chi connectivity index (χ4n) is 2.05. The molecule has 6 heteroatoms. The molecule has 1 aromatic heterocycles. The highest BCUT2D eigenvalue weighted by Crippen LogP contribution is 2.21. The van der Waals surface area contributed by atoms with Crippen molar-refractivity contribution in [3.8, 4) is 0 Å². The molecule has 0 saturated heterocycles. The number of amides is 1. The van der Waals surface area contributed by atoms with E-state index in [1.54, 1.807) is 35.2 Å². The van der Waals surface area contributed by atoms with Crippen molar-refractivity contribution in [3.05, 3.63) is 59.4 Å². The third-order valence-electron chi connectivity index (χ3n) is 3.19. The molecule has 0 radical (unpaired) electrons. The number of carbonyl (C=O) groups excluding carboxylic acids is 1. The van der Waals surface area contributed by atoms with Gasteiger partial charge in [-0.05, 0) is 36.4 Å². The number of fused-ring (bicyclic) bond motifs is 1. The van der Waals surface area contributed by atoms with Gasteiger partial charge in [-0.3, -0.25) is 4.79 Å². The van der Waals surface area contributed by atoms with Gasteiger partial charge in [0.2, 0.25) is 5.91 Å². The zero-order valence-corrected chi connectivity index (χ0v) is 13.9. The Labute approximate surface area is 141 Å². The number of thioether (sulfide) groups is 1. The van der Waals surface area contributed by atoms with E-state index in [1.807, 2.05) is 24.3 Å². The van der Waals surface area contributed by atoms with Crippen molar-refractivity contribution in [2.45, 2.75) is 17.9 Å². The summed E-state index contributed by atoms with van der Waals surface area (Å²) in [6, 6.07) is 14.2. The Morgan fingerprint density at radius 1 is 1.17 bits per heavy atom. The quantitative estimate of drug-likeness (QED) is 0.679. The third kappa shape index (κ3) is 4.53. The summed E-state index contributed by atoms with van der Waals surface area (Å²) in [7, 11) is 0. The average molecular weight is 346 g/mol. The van der Waals surface area contributed by atoms with Crippen LogP contribution in [-0.2, 0) is 11.3 Å². The van der Waals surface area contributed by atoms with Crippen molar-refractivity contribution in [3.63, 3.8) is 0 Å². The van der Waals surface area contributed by atoms with Crippen LogP contribution in [0.1, 0.15) is 11.4 Å². The van der Waals surface area contributed by atoms with Crippen LogP contribution in [-0.4, -0.2) is 16.6 Å². The minimum absolute atomic E-state index is 0.00105. The molecule has 3 aromatic rings. The average Bonchev–Trinajstić information content (AvgIpc) is 2.98. The number of nitrogens with zero attached hydrogens (tertiary/aromatic N) is 1. The minimum atomic E-state index is -0.247. The summed E-state index contributed by atoms with van der Waals surface area (Å²) in [5.41, 5.74) is 0.966. The van der Waals surface area contributed by atoms with Crippen molar-refractivity contribution in [1.29, 1.82) is 0 Å². The van der Waals surface area contributed by atoms with E-state index in [1.165, 1.54) is 12.1 Å². The molecule has 0 bridgehead atoms. The van der Waals surface area contributed by atoms with Gasteiger partial charge < -0.3 is 5.32 Å². The molecule has 0 aliphatic heterocycles. The maximum absolute atomic E-state index is 12.8. The van der Waals surface area contributed by atoms with Crippen LogP contribution in [0.15, 0.2) is 53.4 Å². The summed E-state index contributed by atoms with van der Waals surface area (Å²) in [5, 5.41) is 3.80. The van der Waals surface area contributed by atoms with E-state index in [-0.39, 0.29) is 11.7 Å². The number of halogens is 1. The molecule has 3 nitrogen and oxygen atoms in total. The number of thiazole rings is 1. The van der Waals surface area contributed by atoms with Crippen LogP contribution in [0.2, 0.25) is 0 Å². The topological polar surface area (TPSA) is 42.0 Å². The predicted octanol–water partition coefficient (Wildman–Crippen LogP) is 4.23. The smallest absolute Gasteiger partial charge is 0.221 e. The second-order valence-corrected chi connectivity index (χ2v) is 7.19. The third-order valence-corrected chi connectivity index (χ3v) is 5.24. The van der Waals surface area contributed by atoms with Crippen LogP contribution in [0, 0.1) is 5.82 Å². The normalized spacial score (nSPS) is 10.8. The Morgan fingerprint density at radius 3 is 2.74 bits per heavy atom. The molecule has 0 fully saturated rings. The van der Waals surface area contributed by atoms with Crippen LogP contribution in [0.3, 0.4) is 0 Å². The number of aromatic nitrogens is 1. The molecule has 3 rings (SSSR count). The molecule has 0 aliphatic carbocycles. The maximum Gasteiger partial charge on any atom is 0.221 e. The first kappa shape index (κ1) is 16.0. The molecule has 0 spiro atoms. The van der Waals surface area contributed by atoms with E-state index in [2.05, 4.69) is 10.3 Å². The Morgan fingerprint density at radius 2 is 1.96 bits per heavy atom. The van der Waals surface area contributed by atoms with Crippen molar-refractivity contribution >= 4 is 39.2 Å². The van der Waals surface area contributed by atoms with Crippen molar-refractivity contribution < 1.29 is 9.18 Å². The number of carbonyl (C=O) groups is 1. The lowest BCUT2D eigenvalue weighted by Crippen LogP contribution is -2.22. The van der Waals surface area contributed by atoms with Crippen LogP contribution in [0.5, 0.6) is 0 Å². The molecule has 1 N–H and O–H groups in total. The first-order valence-corrected chi connectivity index (χ1v) is 9.00. The number of para-hydroxylation sites is 1. The molecular formula is C17H15FN2OS2. The van der Waals surface area contributed by atoms with Gasteiger partial charge >= 0.3 is 0 Å². The van der Waals surface area contributed by atoms with Gasteiger partial charge in [0.25, 0.3) is 0 Å². The largest absolute Gasteiger partial charge is 0.350 e. The summed E-state index contributed by atoms with van der Waals surface area (Å²) in [6.07, 6.45) is 0.424. The van der Waals surface area contributed by atoms with E-state index in [0.29, 0.717) is 18.7 Å². The molecule has 0 saturated carbocycles. The van der Waals surface area contributed by atoms with Gasteiger partial charge in [0.05, 0.1) is 16.8 Å². The van der Waals surface area contributed by atoms with Gasteiger partial charge in [-0.15, -0.1) is 23.1 Å². The summed E-state index contributed by atoms with van der Waals surface area (Å²) < 4.78 is 13.9. The summed E-state index contributed by atoms with van der Waals surface area (Å²) in [5.74, 6) is 0.416. The lowest BCUT2D eigenvalue weighted by Gasteiger charge is -2.03. The number of hydrogen-bond donors (Lipinski definition) is 1. The summed E-state index contributed by atoms with van der Waals surface area (Å²) in [4.78, 5) is 17.3. The summed E-state index contributed by atoms with van der Waals surface area (Å²) in [6.45, 7) is 0.458. The van der Waals surface area contributed by atoms with Crippen LogP contribution >= 0.6 is 23.1 Å². The molecule has 2 aromatic carbocycles. The summed E-state index contributed by atoms with van der Waals surface area (Å²) >= 11 is 3.14. The molecule has 0 atom stereocenters. The lowest BCUT2D eigenvalue weighted by molar-refractivity contribution is -0.120. The number of nitrogens with one attached hydrogen (secondary N) is 1. The van der Waals surface area contributed by atoms with E-state index in [9.17, 15) is 9.18 Å². The van der Waals surface area contributed by atoms with Gasteiger partial charge in [0.1, 0.15) is 10.8 Å². The Balaban J connectivity index is 1.43. The fourth-order valence-corrected chi connectivity index (χ4v) is 3.81. The second-order valence-electron chi connectivity index (χ2n) is 4.90. The van der Waals surface area contributed by atoms with Gasteiger partial charge in [-0.25, -0.2) is 9.37 Å². The molecule has 1 amide bonds. The lowest BCUT2D eigenvalue weighted by atomic mass is 10.3. The first-order valence-electron chi connectivity index (χ1n) is 7.20. The fraction of sp³-hybridized carbons (Fsp3) is 0.176. The predicted molar refractivity (Wildman–Crippen MR) is 93.2 cm³/mol. The van der Waals surface area contributed by atoms with Gasteiger partial charge in [0.15, 0.2) is 0 Å². The first-order chi connectivity index (χ1) is 11.2. The second kappa shape index (κ2) is 7.57. The Hall–Kier alpha value is -1.92. The zero-order chi connectivity index (χ0) is 16.1. The Kier molecular flexibility index (Phi) is 5.25. The molecule has 0 unspecified atom stereocenters. The van der Waals surface area contributed by atoms with E-state index in [0.717, 1.165) is 20.1 Å². The molecule has 1 heterocycles. The molecular weight excluding hydrogens is 331 g/mol. The monoisotopic (exact) mass is 346 g/mol. The Bertz CT molecular complexity index is 769. The number of rotatable bonds is 6. The van der Waals surface area contributed by atoms with Crippen LogP contribution < -0.4 is 5.32 Å². The van der Waals surface area contributed by atoms with Gasteiger partial charge in [-0.1, -0.05) is 12.1 Å². The van der Waals surface area contributed by atoms with Crippen molar-refractivity contribution in [2.24, 2.45) is 0 Å². The molecule has 0 aliphatic rings. The standard InChI is InChI=1S/C17H15FN2OS2/c18-12-5-7-13(8-6-12)22-10-9-16(21)19-11-17-20-14-3-1-2-4-15(14)23-17/h1-8H,9-11H2,(H,19,21). The zero-order valence-electron chi connectivity index (χ0n) is 12.3. The van der Waals surface area contributed by atoms with Crippen molar-refractivity contribution in [1.82, 2.24) is 10.3 Å². The molecule has 118 valence electrons. The van der Waals surface area contributed by atoms with Crippen molar-refractivity contribution in [2.75, 3.05) is 5.75 Å². The highest BCUT2D eigenvalue weighted by Gasteiger charge is 2.06. The van der Waals surface area contributed by atoms with Crippen LogP contribution in [0.25, 0.3) is 10.2 Å². The molecule has 23 heavy (non-hydrogen) atoms. The van der Waals surface area contributed by atoms with Crippen LogP contribution in [0.4, 0.5) is 4.39 Å². The van der Waals surface area contributed by atoms with E-state index >= 15 is 0 Å². The highest BCUT2D eigenvalue weighted by atomic mass is 32.2. The van der Waals surface area contributed by atoms with Gasteiger partial charge in [-0.2, -0.15) is 0 Å². The number of benzene rings is 2. The van der Waals surface area contributed by atoms with E-state index in [4.69, 9.17) is 0 Å². The SMILES string of the molecule is O=C(CCSc1ccc(F)cc1)NCc1nc2ccccc2s1. The number of hydrogen-bond acceptors (Lipinski definition) is 4. The maximum atomic E-state index is 12.8. The highest BCUT2D eigenvalue weighted by molar-refractivity contribution is 7.99. The van der Waals surface area contributed by atoms with E-state index < -0.39 is 0 Å². The minimum Gasteiger partial charge on any atom is -0.350 e.